The molecule has 1 aromatic carbocycles. The van der Waals surface area contributed by atoms with E-state index >= 15 is 0 Å². The van der Waals surface area contributed by atoms with E-state index in [-0.39, 0.29) is 5.43 Å². The molecule has 22 heavy (non-hydrogen) atoms. The number of hydrogen-bond donors (Lipinski definition) is 0. The molecular weight excluding hydrogens is 272 g/mol. The number of rotatable bonds is 2. The Hall–Kier alpha value is -2.08. The summed E-state index contributed by atoms with van der Waals surface area (Å²) in [5.41, 5.74) is 1.34. The minimum absolute atomic E-state index is 0.0202. The normalized spacial score (nSPS) is 18.4. The highest BCUT2D eigenvalue weighted by Crippen LogP contribution is 2.31. The van der Waals surface area contributed by atoms with Crippen LogP contribution in [-0.2, 0) is 6.54 Å². The standard InChI is InChI=1S/C19H20N2O/c22-19-16-7-3-4-8-18(16)21(13-15-9-10-15)20-17(19)12-11-14-5-1-2-6-14/h3-4,7-8,14-15H,1-2,5-6,9-10,13H2. The number of aromatic nitrogens is 2. The summed E-state index contributed by atoms with van der Waals surface area (Å²) in [6.07, 6.45) is 7.39. The number of benzene rings is 1. The molecular formula is C19H20N2O. The van der Waals surface area contributed by atoms with Crippen molar-refractivity contribution in [3.05, 3.63) is 40.2 Å². The molecule has 112 valence electrons. The van der Waals surface area contributed by atoms with Gasteiger partial charge in [0, 0.05) is 12.5 Å². The van der Waals surface area contributed by atoms with Crippen LogP contribution in [0.5, 0.6) is 0 Å². The van der Waals surface area contributed by atoms with Crippen LogP contribution in [0.4, 0.5) is 0 Å². The third kappa shape index (κ3) is 2.66. The first-order valence-electron chi connectivity index (χ1n) is 8.32. The fourth-order valence-corrected chi connectivity index (χ4v) is 3.24. The van der Waals surface area contributed by atoms with Crippen LogP contribution in [0.2, 0.25) is 0 Å². The summed E-state index contributed by atoms with van der Waals surface area (Å²) in [5, 5.41) is 5.32. The molecule has 0 atom stereocenters. The van der Waals surface area contributed by atoms with E-state index in [0.29, 0.717) is 17.5 Å². The Morgan fingerprint density at radius 2 is 1.91 bits per heavy atom. The van der Waals surface area contributed by atoms with Crippen LogP contribution >= 0.6 is 0 Å². The van der Waals surface area contributed by atoms with Crippen LogP contribution in [-0.4, -0.2) is 9.78 Å². The second kappa shape index (κ2) is 5.61. The molecule has 0 bridgehead atoms. The first-order chi connectivity index (χ1) is 10.8. The molecule has 0 N–H and O–H groups in total. The number of fused-ring (bicyclic) bond motifs is 1. The van der Waals surface area contributed by atoms with E-state index < -0.39 is 0 Å². The van der Waals surface area contributed by atoms with Gasteiger partial charge in [0.05, 0.1) is 10.9 Å². The molecule has 2 aliphatic carbocycles. The predicted octanol–water partition coefficient (Wildman–Crippen LogP) is 3.35. The smallest absolute Gasteiger partial charge is 0.223 e. The van der Waals surface area contributed by atoms with Gasteiger partial charge < -0.3 is 0 Å². The van der Waals surface area contributed by atoms with Gasteiger partial charge >= 0.3 is 0 Å². The summed E-state index contributed by atoms with van der Waals surface area (Å²) in [4.78, 5) is 12.6. The zero-order chi connectivity index (χ0) is 14.9. The lowest BCUT2D eigenvalue weighted by atomic mass is 10.1. The quantitative estimate of drug-likeness (QED) is 0.796. The van der Waals surface area contributed by atoms with Gasteiger partial charge in [0.2, 0.25) is 5.43 Å². The summed E-state index contributed by atoms with van der Waals surface area (Å²) in [7, 11) is 0. The van der Waals surface area contributed by atoms with Gasteiger partial charge in [0.1, 0.15) is 0 Å². The topological polar surface area (TPSA) is 34.9 Å². The maximum absolute atomic E-state index is 12.6. The second-order valence-corrected chi connectivity index (χ2v) is 6.57. The number of hydrogen-bond acceptors (Lipinski definition) is 2. The summed E-state index contributed by atoms with van der Waals surface area (Å²) >= 11 is 0. The maximum Gasteiger partial charge on any atom is 0.223 e. The Bertz CT molecular complexity index is 815. The van der Waals surface area contributed by atoms with Crippen molar-refractivity contribution in [3.8, 4) is 11.8 Å². The molecule has 0 amide bonds. The van der Waals surface area contributed by atoms with Gasteiger partial charge in [-0.15, -0.1) is 0 Å². The fourth-order valence-electron chi connectivity index (χ4n) is 3.24. The predicted molar refractivity (Wildman–Crippen MR) is 87.6 cm³/mol. The maximum atomic E-state index is 12.6. The van der Waals surface area contributed by atoms with Gasteiger partial charge in [-0.25, -0.2) is 0 Å². The zero-order valence-corrected chi connectivity index (χ0v) is 12.7. The van der Waals surface area contributed by atoms with Crippen molar-refractivity contribution in [1.29, 1.82) is 0 Å². The van der Waals surface area contributed by atoms with E-state index in [1.165, 1.54) is 25.7 Å². The van der Waals surface area contributed by atoms with Crippen molar-refractivity contribution < 1.29 is 0 Å². The van der Waals surface area contributed by atoms with E-state index in [4.69, 9.17) is 0 Å². The van der Waals surface area contributed by atoms with Crippen LogP contribution in [0, 0.1) is 23.7 Å². The molecule has 3 nitrogen and oxygen atoms in total. The summed E-state index contributed by atoms with van der Waals surface area (Å²) in [5.74, 6) is 7.53. The van der Waals surface area contributed by atoms with Gasteiger partial charge in [-0.05, 0) is 49.7 Å². The molecule has 1 aromatic heterocycles. The van der Waals surface area contributed by atoms with Crippen molar-refractivity contribution in [3.63, 3.8) is 0 Å². The lowest BCUT2D eigenvalue weighted by molar-refractivity contribution is 0.569. The first kappa shape index (κ1) is 13.6. The lowest BCUT2D eigenvalue weighted by Crippen LogP contribution is -2.18. The minimum Gasteiger partial charge on any atom is -0.286 e. The Labute approximate surface area is 130 Å². The van der Waals surface area contributed by atoms with Crippen LogP contribution in [0.15, 0.2) is 29.1 Å². The SMILES string of the molecule is O=c1c(C#CC2CCCC2)nn(CC2CC2)c2ccccc12. The van der Waals surface area contributed by atoms with E-state index in [1.807, 2.05) is 28.9 Å². The molecule has 1 heterocycles. The lowest BCUT2D eigenvalue weighted by Gasteiger charge is -2.09. The Kier molecular flexibility index (Phi) is 3.46. The van der Waals surface area contributed by atoms with Crippen LogP contribution in [0.25, 0.3) is 10.9 Å². The molecule has 0 radical (unpaired) electrons. The highest BCUT2D eigenvalue weighted by atomic mass is 16.1. The van der Waals surface area contributed by atoms with E-state index in [1.54, 1.807) is 0 Å². The summed E-state index contributed by atoms with van der Waals surface area (Å²) < 4.78 is 1.99. The summed E-state index contributed by atoms with van der Waals surface area (Å²) in [6.45, 7) is 0.902. The third-order valence-electron chi connectivity index (χ3n) is 4.74. The van der Waals surface area contributed by atoms with Gasteiger partial charge in [-0.2, -0.15) is 5.10 Å². The minimum atomic E-state index is -0.0202. The van der Waals surface area contributed by atoms with Gasteiger partial charge in [0.25, 0.3) is 0 Å². The van der Waals surface area contributed by atoms with Gasteiger partial charge in [0.15, 0.2) is 5.69 Å². The van der Waals surface area contributed by atoms with Gasteiger partial charge in [-0.3, -0.25) is 9.48 Å². The van der Waals surface area contributed by atoms with Crippen molar-refractivity contribution in [2.75, 3.05) is 0 Å². The summed E-state index contributed by atoms with van der Waals surface area (Å²) in [6, 6.07) is 7.76. The Balaban J connectivity index is 1.79. The van der Waals surface area contributed by atoms with E-state index in [9.17, 15) is 4.79 Å². The van der Waals surface area contributed by atoms with Crippen molar-refractivity contribution in [2.24, 2.45) is 11.8 Å². The van der Waals surface area contributed by atoms with Crippen LogP contribution in [0.1, 0.15) is 44.2 Å². The first-order valence-corrected chi connectivity index (χ1v) is 8.32. The molecule has 0 unspecified atom stereocenters. The molecule has 0 aliphatic heterocycles. The third-order valence-corrected chi connectivity index (χ3v) is 4.74. The Morgan fingerprint density at radius 3 is 2.68 bits per heavy atom. The Morgan fingerprint density at radius 1 is 1.14 bits per heavy atom. The van der Waals surface area contributed by atoms with Gasteiger partial charge in [-0.1, -0.05) is 30.9 Å². The van der Waals surface area contributed by atoms with E-state index in [2.05, 4.69) is 16.9 Å². The fraction of sp³-hybridized carbons (Fsp3) is 0.474. The molecule has 2 aromatic rings. The monoisotopic (exact) mass is 292 g/mol. The van der Waals surface area contributed by atoms with Crippen LogP contribution in [0.3, 0.4) is 0 Å². The number of nitrogens with zero attached hydrogens (tertiary/aromatic N) is 2. The number of para-hydroxylation sites is 1. The average molecular weight is 292 g/mol. The van der Waals surface area contributed by atoms with Crippen LogP contribution < -0.4 is 5.43 Å². The van der Waals surface area contributed by atoms with Crippen molar-refractivity contribution >= 4 is 10.9 Å². The molecule has 4 rings (SSSR count). The average Bonchev–Trinajstić information content (AvgIpc) is 3.21. The molecule has 0 saturated heterocycles. The molecule has 3 heteroatoms. The van der Waals surface area contributed by atoms with Crippen molar-refractivity contribution in [2.45, 2.75) is 45.1 Å². The molecule has 2 saturated carbocycles. The second-order valence-electron chi connectivity index (χ2n) is 6.57. The molecule has 0 spiro atoms. The molecule has 2 fully saturated rings. The van der Waals surface area contributed by atoms with Crippen molar-refractivity contribution in [1.82, 2.24) is 9.78 Å². The highest BCUT2D eigenvalue weighted by molar-refractivity contribution is 5.79. The largest absolute Gasteiger partial charge is 0.286 e. The highest BCUT2D eigenvalue weighted by Gasteiger charge is 2.23. The zero-order valence-electron chi connectivity index (χ0n) is 12.7. The molecule has 2 aliphatic rings. The van der Waals surface area contributed by atoms with E-state index in [0.717, 1.165) is 30.3 Å².